The Morgan fingerprint density at radius 2 is 1.90 bits per heavy atom. The second-order valence-corrected chi connectivity index (χ2v) is 8.73. The number of aliphatic hydroxyl groups is 3. The Bertz CT molecular complexity index is 697. The molecule has 1 aromatic rings. The zero-order valence-electron chi connectivity index (χ0n) is 18.8. The van der Waals surface area contributed by atoms with Gasteiger partial charge in [-0.15, -0.1) is 0 Å². The number of hydrogen-bond donors (Lipinski definition) is 3. The van der Waals surface area contributed by atoms with Gasteiger partial charge in [-0.3, -0.25) is 4.79 Å². The van der Waals surface area contributed by atoms with Crippen molar-refractivity contribution in [1.82, 2.24) is 0 Å². The molecule has 0 heterocycles. The Kier molecular flexibility index (Phi) is 11.0. The number of esters is 1. The fourth-order valence-electron chi connectivity index (χ4n) is 4.08. The summed E-state index contributed by atoms with van der Waals surface area (Å²) in [6.07, 6.45) is 10.2. The fourth-order valence-corrected chi connectivity index (χ4v) is 4.08. The van der Waals surface area contributed by atoms with Crippen LogP contribution in [0.2, 0.25) is 0 Å². The monoisotopic (exact) mass is 430 g/mol. The van der Waals surface area contributed by atoms with Crippen LogP contribution in [0.15, 0.2) is 54.6 Å². The summed E-state index contributed by atoms with van der Waals surface area (Å²) in [5, 5.41) is 31.0. The van der Waals surface area contributed by atoms with Crippen molar-refractivity contribution in [1.29, 1.82) is 0 Å². The fraction of sp³-hybridized carbons (Fsp3) is 0.577. The summed E-state index contributed by atoms with van der Waals surface area (Å²) in [5.74, 6) is -0.421. The van der Waals surface area contributed by atoms with Crippen molar-refractivity contribution in [3.8, 4) is 0 Å². The number of allylic oxidation sites excluding steroid dienone is 2. The number of ether oxygens (including phenoxy) is 1. The molecule has 0 spiro atoms. The molecule has 1 aromatic carbocycles. The minimum atomic E-state index is -0.600. The number of carbonyl (C=O) groups is 1. The molecular formula is C26H38O5. The molecule has 5 heteroatoms. The molecule has 1 saturated carbocycles. The predicted molar refractivity (Wildman–Crippen MR) is 122 cm³/mol. The van der Waals surface area contributed by atoms with Crippen LogP contribution >= 0.6 is 0 Å². The normalized spacial score (nSPS) is 25.0. The quantitative estimate of drug-likeness (QED) is 0.265. The van der Waals surface area contributed by atoms with Gasteiger partial charge in [-0.05, 0) is 57.4 Å². The van der Waals surface area contributed by atoms with E-state index in [1.807, 2.05) is 62.4 Å². The van der Waals surface area contributed by atoms with E-state index in [0.29, 0.717) is 25.7 Å². The minimum absolute atomic E-state index is 0.0743. The van der Waals surface area contributed by atoms with Gasteiger partial charge < -0.3 is 20.1 Å². The van der Waals surface area contributed by atoms with E-state index in [-0.39, 0.29) is 23.9 Å². The summed E-state index contributed by atoms with van der Waals surface area (Å²) >= 11 is 0. The highest BCUT2D eigenvalue weighted by atomic mass is 16.5. The van der Waals surface area contributed by atoms with E-state index < -0.39 is 18.3 Å². The first-order valence-electron chi connectivity index (χ1n) is 11.5. The third kappa shape index (κ3) is 9.38. The highest BCUT2D eigenvalue weighted by Gasteiger charge is 2.39. The van der Waals surface area contributed by atoms with E-state index >= 15 is 0 Å². The minimum Gasteiger partial charge on any atom is -0.463 e. The van der Waals surface area contributed by atoms with Crippen LogP contribution in [0.4, 0.5) is 0 Å². The Morgan fingerprint density at radius 3 is 2.61 bits per heavy atom. The van der Waals surface area contributed by atoms with Crippen LogP contribution in [0.3, 0.4) is 0 Å². The molecular weight excluding hydrogens is 392 g/mol. The summed E-state index contributed by atoms with van der Waals surface area (Å²) in [6, 6.07) is 10.0. The number of rotatable bonds is 12. The van der Waals surface area contributed by atoms with Crippen LogP contribution in [0, 0.1) is 11.8 Å². The van der Waals surface area contributed by atoms with E-state index in [1.165, 1.54) is 5.56 Å². The number of carbonyl (C=O) groups excluding carboxylic acids is 1. The second-order valence-electron chi connectivity index (χ2n) is 8.73. The lowest BCUT2D eigenvalue weighted by Crippen LogP contribution is -2.20. The maximum Gasteiger partial charge on any atom is 0.306 e. The number of aryl methyl sites for hydroxylation is 1. The predicted octanol–water partition coefficient (Wildman–Crippen LogP) is 3.96. The van der Waals surface area contributed by atoms with Crippen molar-refractivity contribution in [2.75, 3.05) is 0 Å². The lowest BCUT2D eigenvalue weighted by molar-refractivity contribution is -0.147. The van der Waals surface area contributed by atoms with E-state index in [4.69, 9.17) is 4.74 Å². The highest BCUT2D eigenvalue weighted by molar-refractivity contribution is 5.69. The van der Waals surface area contributed by atoms with Gasteiger partial charge in [0.15, 0.2) is 0 Å². The van der Waals surface area contributed by atoms with Gasteiger partial charge in [-0.2, -0.15) is 0 Å². The van der Waals surface area contributed by atoms with E-state index in [0.717, 1.165) is 19.3 Å². The van der Waals surface area contributed by atoms with Crippen LogP contribution in [0.1, 0.15) is 57.9 Å². The van der Waals surface area contributed by atoms with Crippen molar-refractivity contribution in [2.45, 2.75) is 83.2 Å². The maximum absolute atomic E-state index is 11.5. The maximum atomic E-state index is 11.5. The van der Waals surface area contributed by atoms with Gasteiger partial charge >= 0.3 is 5.97 Å². The van der Waals surface area contributed by atoms with Gasteiger partial charge in [0.2, 0.25) is 0 Å². The van der Waals surface area contributed by atoms with E-state index in [9.17, 15) is 20.1 Å². The molecule has 0 aromatic heterocycles. The molecule has 2 unspecified atom stereocenters. The standard InChI is InChI=1S/C26H38O5/c1-19(2)31-26(30)13-9-4-3-8-12-22-23(25(29)18-24(22)28)17-16-21(27)15-14-20-10-6-5-7-11-20/h3,5-8,10-11,16-17,19,21-25,27-29H,4,9,12-15,18H2,1-2H3/t21?,22-,23-,24+,25?/m1/s1. The molecule has 0 saturated heterocycles. The van der Waals surface area contributed by atoms with E-state index in [1.54, 1.807) is 6.08 Å². The molecule has 1 aliphatic rings. The lowest BCUT2D eigenvalue weighted by Gasteiger charge is -2.19. The first kappa shape index (κ1) is 25.3. The third-order valence-corrected chi connectivity index (χ3v) is 5.74. The molecule has 2 rings (SSSR count). The lowest BCUT2D eigenvalue weighted by atomic mass is 9.89. The zero-order valence-corrected chi connectivity index (χ0v) is 18.8. The van der Waals surface area contributed by atoms with Crippen molar-refractivity contribution in [3.05, 3.63) is 60.2 Å². The average molecular weight is 431 g/mol. The molecule has 1 fully saturated rings. The largest absolute Gasteiger partial charge is 0.463 e. The zero-order chi connectivity index (χ0) is 22.6. The molecule has 0 amide bonds. The molecule has 5 atom stereocenters. The van der Waals surface area contributed by atoms with Crippen LogP contribution in [-0.2, 0) is 16.0 Å². The SMILES string of the molecule is CC(C)OC(=O)CCCC=CC[C@H]1[C@@H](O)CC(O)[C@@H]1C=CC(O)CCc1ccccc1. The molecule has 31 heavy (non-hydrogen) atoms. The van der Waals surface area contributed by atoms with Gasteiger partial charge in [0.25, 0.3) is 0 Å². The Hall–Kier alpha value is -1.95. The Balaban J connectivity index is 1.77. The van der Waals surface area contributed by atoms with Crippen LogP contribution in [0.25, 0.3) is 0 Å². The molecule has 3 N–H and O–H groups in total. The summed E-state index contributed by atoms with van der Waals surface area (Å²) in [5.41, 5.74) is 1.19. The van der Waals surface area contributed by atoms with Crippen molar-refractivity contribution in [3.63, 3.8) is 0 Å². The van der Waals surface area contributed by atoms with Gasteiger partial charge in [-0.1, -0.05) is 54.6 Å². The van der Waals surface area contributed by atoms with Crippen LogP contribution < -0.4 is 0 Å². The van der Waals surface area contributed by atoms with Gasteiger partial charge in [0.05, 0.1) is 24.4 Å². The molecule has 5 nitrogen and oxygen atoms in total. The molecule has 172 valence electrons. The Labute approximate surface area is 186 Å². The van der Waals surface area contributed by atoms with Crippen LogP contribution in [-0.4, -0.2) is 45.7 Å². The average Bonchev–Trinajstić information content (AvgIpc) is 3.00. The first-order valence-corrected chi connectivity index (χ1v) is 11.5. The van der Waals surface area contributed by atoms with Crippen molar-refractivity contribution < 1.29 is 24.9 Å². The summed E-state index contributed by atoms with van der Waals surface area (Å²) < 4.78 is 5.11. The van der Waals surface area contributed by atoms with Gasteiger partial charge in [0.1, 0.15) is 0 Å². The molecule has 0 radical (unpaired) electrons. The molecule has 1 aliphatic carbocycles. The first-order chi connectivity index (χ1) is 14.9. The Morgan fingerprint density at radius 1 is 1.16 bits per heavy atom. The number of aliphatic hydroxyl groups excluding tert-OH is 3. The molecule has 0 bridgehead atoms. The summed E-state index contributed by atoms with van der Waals surface area (Å²) in [7, 11) is 0. The summed E-state index contributed by atoms with van der Waals surface area (Å²) in [6.45, 7) is 3.68. The summed E-state index contributed by atoms with van der Waals surface area (Å²) in [4.78, 5) is 11.5. The van der Waals surface area contributed by atoms with Gasteiger partial charge in [0, 0.05) is 18.8 Å². The van der Waals surface area contributed by atoms with Crippen molar-refractivity contribution >= 4 is 5.97 Å². The van der Waals surface area contributed by atoms with Crippen LogP contribution in [0.5, 0.6) is 0 Å². The third-order valence-electron chi connectivity index (χ3n) is 5.74. The van der Waals surface area contributed by atoms with E-state index in [2.05, 4.69) is 0 Å². The van der Waals surface area contributed by atoms with Gasteiger partial charge in [-0.25, -0.2) is 0 Å². The second kappa shape index (κ2) is 13.5. The number of hydrogen-bond acceptors (Lipinski definition) is 5. The van der Waals surface area contributed by atoms with Crippen molar-refractivity contribution in [2.24, 2.45) is 11.8 Å². The highest BCUT2D eigenvalue weighted by Crippen LogP contribution is 2.36. The number of unbranched alkanes of at least 4 members (excludes halogenated alkanes) is 1. The number of benzene rings is 1. The molecule has 0 aliphatic heterocycles. The smallest absolute Gasteiger partial charge is 0.306 e. The topological polar surface area (TPSA) is 87.0 Å².